The van der Waals surface area contributed by atoms with Crippen molar-refractivity contribution in [3.8, 4) is 5.75 Å². The van der Waals surface area contributed by atoms with Crippen LogP contribution in [0.2, 0.25) is 0 Å². The molecule has 1 aliphatic rings. The number of carbonyl (C=O) groups is 2. The number of urea groups is 1. The highest BCUT2D eigenvalue weighted by Crippen LogP contribution is 2.28. The first-order valence-electron chi connectivity index (χ1n) is 13.1. The first kappa shape index (κ1) is 28.3. The molecule has 0 aliphatic carbocycles. The molecule has 0 radical (unpaired) electrons. The van der Waals surface area contributed by atoms with Crippen LogP contribution in [0.4, 0.5) is 4.79 Å². The van der Waals surface area contributed by atoms with Gasteiger partial charge < -0.3 is 19.6 Å². The Morgan fingerprint density at radius 3 is 2.35 bits per heavy atom. The maximum Gasteiger partial charge on any atom is 0.347 e. The maximum atomic E-state index is 12.9. The predicted octanol–water partition coefficient (Wildman–Crippen LogP) is 6.21. The minimum Gasteiger partial charge on any atom is -0.478 e. The molecular formula is C31H42N2O4. The number of hydrogen-bond donors (Lipinski definition) is 1. The lowest BCUT2D eigenvalue weighted by Gasteiger charge is -2.23. The Labute approximate surface area is 221 Å². The zero-order chi connectivity index (χ0) is 27.4. The van der Waals surface area contributed by atoms with Crippen molar-refractivity contribution in [2.75, 3.05) is 13.6 Å². The van der Waals surface area contributed by atoms with E-state index >= 15 is 0 Å². The van der Waals surface area contributed by atoms with Crippen molar-refractivity contribution in [3.05, 3.63) is 77.4 Å². The summed E-state index contributed by atoms with van der Waals surface area (Å²) >= 11 is 0. The van der Waals surface area contributed by atoms with E-state index in [1.54, 1.807) is 19.9 Å². The molecule has 1 fully saturated rings. The lowest BCUT2D eigenvalue weighted by Crippen LogP contribution is -2.38. The molecule has 2 amide bonds. The summed E-state index contributed by atoms with van der Waals surface area (Å²) in [6.07, 6.45) is 5.14. The van der Waals surface area contributed by atoms with Crippen LogP contribution < -0.4 is 4.74 Å². The third kappa shape index (κ3) is 7.15. The highest BCUT2D eigenvalue weighted by atomic mass is 16.5. The molecule has 200 valence electrons. The average Bonchev–Trinajstić information content (AvgIpc) is 3.08. The number of carboxylic acid groups (broad SMARTS) is 1. The first-order valence-corrected chi connectivity index (χ1v) is 13.1. The van der Waals surface area contributed by atoms with Crippen LogP contribution in [0, 0.1) is 0 Å². The Balaban J connectivity index is 1.58. The number of amides is 2. The summed E-state index contributed by atoms with van der Waals surface area (Å²) in [5.74, 6) is -0.435. The second kappa shape index (κ2) is 11.4. The third-order valence-electron chi connectivity index (χ3n) is 7.12. The topological polar surface area (TPSA) is 70.1 Å². The van der Waals surface area contributed by atoms with Crippen molar-refractivity contribution in [2.45, 2.75) is 83.9 Å². The molecule has 0 aromatic heterocycles. The molecule has 2 aromatic rings. The maximum absolute atomic E-state index is 12.9. The van der Waals surface area contributed by atoms with Gasteiger partial charge in [0.25, 0.3) is 0 Å². The van der Waals surface area contributed by atoms with E-state index in [1.807, 2.05) is 29.0 Å². The third-order valence-corrected chi connectivity index (χ3v) is 7.12. The Morgan fingerprint density at radius 1 is 1.11 bits per heavy atom. The van der Waals surface area contributed by atoms with Gasteiger partial charge >= 0.3 is 12.0 Å². The summed E-state index contributed by atoms with van der Waals surface area (Å²) in [4.78, 5) is 28.2. The van der Waals surface area contributed by atoms with E-state index < -0.39 is 11.6 Å². The second-order valence-corrected chi connectivity index (χ2v) is 11.6. The smallest absolute Gasteiger partial charge is 0.347 e. The molecule has 0 bridgehead atoms. The van der Waals surface area contributed by atoms with E-state index in [9.17, 15) is 14.7 Å². The van der Waals surface area contributed by atoms with Crippen molar-refractivity contribution < 1.29 is 19.4 Å². The number of ether oxygens (including phenoxy) is 1. The lowest BCUT2D eigenvalue weighted by molar-refractivity contribution is -0.152. The standard InChI is InChI=1S/C31H42N2O4/c1-8-10-24-19-22(15-18-27(24)37-31(5,6)28(34)35)11-9-12-26-21-33(29(36)32(26)7)20-23-13-16-25(17-14-23)30(2,3)4/h8,13-19,26H,1,9-12,20-21H2,2-7H3,(H,34,35)/t26-/m0/s1. The Morgan fingerprint density at radius 2 is 1.76 bits per heavy atom. The van der Waals surface area contributed by atoms with Crippen molar-refractivity contribution in [2.24, 2.45) is 0 Å². The van der Waals surface area contributed by atoms with Crippen LogP contribution in [0.1, 0.15) is 69.7 Å². The number of carbonyl (C=O) groups excluding carboxylic acids is 1. The molecule has 1 N–H and O–H groups in total. The minimum atomic E-state index is -1.31. The molecule has 1 atom stereocenters. The van der Waals surface area contributed by atoms with E-state index in [4.69, 9.17) is 4.74 Å². The fourth-order valence-electron chi connectivity index (χ4n) is 4.65. The Bertz CT molecular complexity index is 1120. The zero-order valence-corrected chi connectivity index (χ0v) is 23.2. The van der Waals surface area contributed by atoms with Gasteiger partial charge in [0.1, 0.15) is 5.75 Å². The summed E-state index contributed by atoms with van der Waals surface area (Å²) in [6.45, 7) is 14.9. The predicted molar refractivity (Wildman–Crippen MR) is 148 cm³/mol. The molecule has 37 heavy (non-hydrogen) atoms. The van der Waals surface area contributed by atoms with Crippen LogP contribution in [0.5, 0.6) is 5.75 Å². The highest BCUT2D eigenvalue weighted by Gasteiger charge is 2.34. The van der Waals surface area contributed by atoms with Crippen LogP contribution in [0.15, 0.2) is 55.1 Å². The molecule has 2 aromatic carbocycles. The number of aliphatic carboxylic acids is 1. The van der Waals surface area contributed by atoms with Gasteiger partial charge in [0, 0.05) is 20.1 Å². The van der Waals surface area contributed by atoms with Crippen molar-refractivity contribution in [1.29, 1.82) is 0 Å². The summed E-state index contributed by atoms with van der Waals surface area (Å²) in [6, 6.07) is 14.8. The van der Waals surface area contributed by atoms with Crippen molar-refractivity contribution >= 4 is 12.0 Å². The fourth-order valence-corrected chi connectivity index (χ4v) is 4.65. The van der Waals surface area contributed by atoms with Gasteiger partial charge in [0.15, 0.2) is 5.60 Å². The van der Waals surface area contributed by atoms with E-state index in [0.717, 1.165) is 36.9 Å². The molecular weight excluding hydrogens is 464 g/mol. The van der Waals surface area contributed by atoms with Gasteiger partial charge in [-0.25, -0.2) is 9.59 Å². The summed E-state index contributed by atoms with van der Waals surface area (Å²) in [5.41, 5.74) is 3.34. The number of carboxylic acids is 1. The first-order chi connectivity index (χ1) is 17.3. The Hall–Kier alpha value is -3.28. The van der Waals surface area contributed by atoms with E-state index in [0.29, 0.717) is 18.7 Å². The lowest BCUT2D eigenvalue weighted by atomic mass is 9.87. The number of rotatable bonds is 11. The SMILES string of the molecule is C=CCc1cc(CCC[C@H]2CN(Cc3ccc(C(C)(C)C)cc3)C(=O)N2C)ccc1OC(C)(C)C(=O)O. The summed E-state index contributed by atoms with van der Waals surface area (Å²) < 4.78 is 5.80. The fraction of sp³-hybridized carbons (Fsp3) is 0.484. The summed E-state index contributed by atoms with van der Waals surface area (Å²) in [5, 5.41) is 9.40. The Kier molecular flexibility index (Phi) is 8.72. The number of aryl methyl sites for hydroxylation is 1. The number of benzene rings is 2. The monoisotopic (exact) mass is 506 g/mol. The molecule has 1 heterocycles. The van der Waals surface area contributed by atoms with Crippen LogP contribution in [-0.4, -0.2) is 52.1 Å². The molecule has 3 rings (SSSR count). The van der Waals surface area contributed by atoms with E-state index in [2.05, 4.69) is 57.7 Å². The second-order valence-electron chi connectivity index (χ2n) is 11.6. The van der Waals surface area contributed by atoms with Crippen molar-refractivity contribution in [1.82, 2.24) is 9.80 Å². The van der Waals surface area contributed by atoms with Gasteiger partial charge in [-0.2, -0.15) is 0 Å². The van der Waals surface area contributed by atoms with E-state index in [-0.39, 0.29) is 17.5 Å². The van der Waals surface area contributed by atoms with Gasteiger partial charge in [0.05, 0.1) is 6.04 Å². The number of likely N-dealkylation sites (N-methyl/N-ethyl adjacent to an activating group) is 1. The molecule has 1 saturated heterocycles. The zero-order valence-electron chi connectivity index (χ0n) is 23.2. The molecule has 0 unspecified atom stereocenters. The van der Waals surface area contributed by atoms with Gasteiger partial charge in [-0.15, -0.1) is 6.58 Å². The van der Waals surface area contributed by atoms with Crippen LogP contribution >= 0.6 is 0 Å². The summed E-state index contributed by atoms with van der Waals surface area (Å²) in [7, 11) is 1.90. The normalized spacial score (nSPS) is 16.3. The van der Waals surface area contributed by atoms with E-state index in [1.165, 1.54) is 11.1 Å². The number of nitrogens with zero attached hydrogens (tertiary/aromatic N) is 2. The average molecular weight is 507 g/mol. The number of allylic oxidation sites excluding steroid dienone is 1. The van der Waals surface area contributed by atoms with Crippen LogP contribution in [-0.2, 0) is 29.6 Å². The molecule has 1 aliphatic heterocycles. The highest BCUT2D eigenvalue weighted by molar-refractivity contribution is 5.77. The van der Waals surface area contributed by atoms with Gasteiger partial charge in [-0.3, -0.25) is 0 Å². The quantitative estimate of drug-likeness (QED) is 0.368. The largest absolute Gasteiger partial charge is 0.478 e. The molecule has 0 saturated carbocycles. The van der Waals surface area contributed by atoms with Gasteiger partial charge in [-0.05, 0) is 73.3 Å². The minimum absolute atomic E-state index is 0.0840. The van der Waals surface area contributed by atoms with Crippen LogP contribution in [0.25, 0.3) is 0 Å². The van der Waals surface area contributed by atoms with Crippen LogP contribution in [0.3, 0.4) is 0 Å². The molecule has 6 nitrogen and oxygen atoms in total. The van der Waals surface area contributed by atoms with Crippen molar-refractivity contribution in [3.63, 3.8) is 0 Å². The van der Waals surface area contributed by atoms with Gasteiger partial charge in [0.2, 0.25) is 0 Å². The molecule has 6 heteroatoms. The van der Waals surface area contributed by atoms with Gasteiger partial charge in [-0.1, -0.05) is 63.2 Å². The molecule has 0 spiro atoms. The number of hydrogen-bond acceptors (Lipinski definition) is 3.